The molecule has 17 heavy (non-hydrogen) atoms. The van der Waals surface area contributed by atoms with Crippen molar-refractivity contribution in [2.75, 3.05) is 0 Å². The van der Waals surface area contributed by atoms with Crippen molar-refractivity contribution < 1.29 is 13.9 Å². The maximum atomic E-state index is 13.1. The van der Waals surface area contributed by atoms with E-state index in [0.717, 1.165) is 0 Å². The number of hydrogen-bond acceptors (Lipinski definition) is 3. The van der Waals surface area contributed by atoms with Crippen molar-refractivity contribution in [3.8, 4) is 11.5 Å². The number of nitrogens with zero attached hydrogens (tertiary/aromatic N) is 1. The Morgan fingerprint density at radius 1 is 1.18 bits per heavy atom. The van der Waals surface area contributed by atoms with Crippen molar-refractivity contribution >= 4 is 22.2 Å². The standard InChI is InChI=1S/C12H7BrFNO2/c13-9-2-10(14)4-11(3-9)17-12-1-8(7-16)5-15-6-12/h1-7H. The minimum absolute atomic E-state index is 0.335. The van der Waals surface area contributed by atoms with Gasteiger partial charge in [0.15, 0.2) is 6.29 Å². The summed E-state index contributed by atoms with van der Waals surface area (Å²) in [5.41, 5.74) is 0.401. The predicted octanol–water partition coefficient (Wildman–Crippen LogP) is 3.59. The van der Waals surface area contributed by atoms with Gasteiger partial charge in [-0.2, -0.15) is 0 Å². The fraction of sp³-hybridized carbons (Fsp3) is 0. The first-order valence-corrected chi connectivity index (χ1v) is 5.51. The Hall–Kier alpha value is -1.75. The maximum Gasteiger partial charge on any atom is 0.151 e. The summed E-state index contributed by atoms with van der Waals surface area (Å²) in [6.45, 7) is 0. The molecule has 0 amide bonds. The smallest absolute Gasteiger partial charge is 0.151 e. The molecule has 1 heterocycles. The first-order valence-electron chi connectivity index (χ1n) is 4.71. The highest BCUT2D eigenvalue weighted by Crippen LogP contribution is 2.25. The van der Waals surface area contributed by atoms with Gasteiger partial charge in [0.2, 0.25) is 0 Å². The molecule has 2 aromatic rings. The largest absolute Gasteiger partial charge is 0.456 e. The van der Waals surface area contributed by atoms with E-state index in [1.807, 2.05) is 0 Å². The van der Waals surface area contributed by atoms with Gasteiger partial charge in [-0.3, -0.25) is 9.78 Å². The molecule has 86 valence electrons. The summed E-state index contributed by atoms with van der Waals surface area (Å²) in [5.74, 6) is 0.308. The molecular formula is C12H7BrFNO2. The molecule has 1 aromatic heterocycles. The molecule has 0 saturated heterocycles. The molecule has 0 atom stereocenters. The number of hydrogen-bond donors (Lipinski definition) is 0. The lowest BCUT2D eigenvalue weighted by Gasteiger charge is -2.06. The summed E-state index contributed by atoms with van der Waals surface area (Å²) in [6.07, 6.45) is 3.54. The third-order valence-corrected chi connectivity index (χ3v) is 2.40. The van der Waals surface area contributed by atoms with Gasteiger partial charge in [0.25, 0.3) is 0 Å². The van der Waals surface area contributed by atoms with Crippen molar-refractivity contribution in [2.45, 2.75) is 0 Å². The van der Waals surface area contributed by atoms with Crippen LogP contribution in [0.5, 0.6) is 11.5 Å². The fourth-order valence-electron chi connectivity index (χ4n) is 1.28. The normalized spacial score (nSPS) is 10.0. The molecular weight excluding hydrogens is 289 g/mol. The van der Waals surface area contributed by atoms with Crippen LogP contribution in [0, 0.1) is 5.82 Å². The zero-order chi connectivity index (χ0) is 12.3. The molecule has 0 aliphatic rings. The van der Waals surface area contributed by atoms with E-state index in [1.54, 1.807) is 6.07 Å². The van der Waals surface area contributed by atoms with Crippen LogP contribution in [0.15, 0.2) is 41.1 Å². The second kappa shape index (κ2) is 5.05. The van der Waals surface area contributed by atoms with E-state index in [2.05, 4.69) is 20.9 Å². The van der Waals surface area contributed by atoms with Crippen molar-refractivity contribution in [2.24, 2.45) is 0 Å². The van der Waals surface area contributed by atoms with Crippen LogP contribution in [0.2, 0.25) is 0 Å². The van der Waals surface area contributed by atoms with Gasteiger partial charge in [-0.05, 0) is 18.2 Å². The quantitative estimate of drug-likeness (QED) is 0.813. The molecule has 0 N–H and O–H groups in total. The Bertz CT molecular complexity index is 540. The summed E-state index contributed by atoms with van der Waals surface area (Å²) < 4.78 is 19.1. The number of aldehydes is 1. The van der Waals surface area contributed by atoms with E-state index in [4.69, 9.17) is 4.74 Å². The molecule has 0 radical (unpaired) electrons. The van der Waals surface area contributed by atoms with E-state index in [0.29, 0.717) is 27.8 Å². The zero-order valence-corrected chi connectivity index (χ0v) is 10.1. The van der Waals surface area contributed by atoms with Crippen molar-refractivity contribution in [3.05, 3.63) is 52.5 Å². The van der Waals surface area contributed by atoms with Gasteiger partial charge in [0, 0.05) is 22.3 Å². The summed E-state index contributed by atoms with van der Waals surface area (Å²) in [5, 5.41) is 0. The van der Waals surface area contributed by atoms with Crippen molar-refractivity contribution in [1.82, 2.24) is 4.98 Å². The molecule has 0 spiro atoms. The summed E-state index contributed by atoms with van der Waals surface area (Å²) in [4.78, 5) is 14.4. The van der Waals surface area contributed by atoms with Gasteiger partial charge in [0.05, 0.1) is 6.20 Å². The molecule has 0 aliphatic carbocycles. The number of pyridine rings is 1. The van der Waals surface area contributed by atoms with Crippen LogP contribution in [0.25, 0.3) is 0 Å². The summed E-state index contributed by atoms with van der Waals surface area (Å²) in [7, 11) is 0. The highest BCUT2D eigenvalue weighted by atomic mass is 79.9. The van der Waals surface area contributed by atoms with Gasteiger partial charge >= 0.3 is 0 Å². The third kappa shape index (κ3) is 3.10. The van der Waals surface area contributed by atoms with E-state index >= 15 is 0 Å². The molecule has 1 aromatic carbocycles. The highest BCUT2D eigenvalue weighted by molar-refractivity contribution is 9.10. The van der Waals surface area contributed by atoms with Crippen LogP contribution in [-0.2, 0) is 0 Å². The average Bonchev–Trinajstić information content (AvgIpc) is 2.28. The van der Waals surface area contributed by atoms with E-state index < -0.39 is 5.82 Å². The molecule has 0 unspecified atom stereocenters. The van der Waals surface area contributed by atoms with Gasteiger partial charge in [0.1, 0.15) is 17.3 Å². The minimum Gasteiger partial charge on any atom is -0.456 e. The van der Waals surface area contributed by atoms with Gasteiger partial charge in [-0.15, -0.1) is 0 Å². The van der Waals surface area contributed by atoms with Crippen molar-refractivity contribution in [3.63, 3.8) is 0 Å². The Balaban J connectivity index is 2.27. The predicted molar refractivity (Wildman–Crippen MR) is 63.8 cm³/mol. The van der Waals surface area contributed by atoms with Crippen molar-refractivity contribution in [1.29, 1.82) is 0 Å². The van der Waals surface area contributed by atoms with Crippen LogP contribution >= 0.6 is 15.9 Å². The number of halogens is 2. The topological polar surface area (TPSA) is 39.2 Å². The lowest BCUT2D eigenvalue weighted by Crippen LogP contribution is -1.89. The van der Waals surface area contributed by atoms with Crippen LogP contribution in [0.3, 0.4) is 0 Å². The zero-order valence-electron chi connectivity index (χ0n) is 8.56. The number of aromatic nitrogens is 1. The molecule has 0 saturated carbocycles. The molecule has 0 bridgehead atoms. The number of carbonyl (C=O) groups excluding carboxylic acids is 1. The minimum atomic E-state index is -0.408. The van der Waals surface area contributed by atoms with E-state index in [-0.39, 0.29) is 0 Å². The van der Waals surface area contributed by atoms with Crippen LogP contribution < -0.4 is 4.74 Å². The van der Waals surface area contributed by atoms with Crippen LogP contribution in [-0.4, -0.2) is 11.3 Å². The molecule has 2 rings (SSSR count). The first-order chi connectivity index (χ1) is 8.17. The summed E-state index contributed by atoms with van der Waals surface area (Å²) in [6, 6.07) is 5.72. The van der Waals surface area contributed by atoms with Gasteiger partial charge in [-0.25, -0.2) is 4.39 Å². The SMILES string of the molecule is O=Cc1cncc(Oc2cc(F)cc(Br)c2)c1. The van der Waals surface area contributed by atoms with Gasteiger partial charge in [-0.1, -0.05) is 15.9 Å². The van der Waals surface area contributed by atoms with Crippen LogP contribution in [0.1, 0.15) is 10.4 Å². The fourth-order valence-corrected chi connectivity index (χ4v) is 1.72. The molecule has 0 aliphatic heterocycles. The molecule has 5 heteroatoms. The number of rotatable bonds is 3. The first kappa shape index (κ1) is 11.7. The number of ether oxygens (including phenoxy) is 1. The second-order valence-corrected chi connectivity index (χ2v) is 4.19. The Labute approximate surface area is 105 Å². The third-order valence-electron chi connectivity index (χ3n) is 1.94. The molecule has 3 nitrogen and oxygen atoms in total. The van der Waals surface area contributed by atoms with Gasteiger partial charge < -0.3 is 4.74 Å². The lowest BCUT2D eigenvalue weighted by molar-refractivity contribution is 0.112. The second-order valence-electron chi connectivity index (χ2n) is 3.28. The van der Waals surface area contributed by atoms with Crippen LogP contribution in [0.4, 0.5) is 4.39 Å². The van der Waals surface area contributed by atoms with E-state index in [1.165, 1.54) is 30.6 Å². The maximum absolute atomic E-state index is 13.1. The molecule has 0 fully saturated rings. The lowest BCUT2D eigenvalue weighted by atomic mass is 10.3. The average molecular weight is 296 g/mol. The van der Waals surface area contributed by atoms with E-state index in [9.17, 15) is 9.18 Å². The monoisotopic (exact) mass is 295 g/mol. The Morgan fingerprint density at radius 3 is 2.71 bits per heavy atom. The number of benzene rings is 1. The Kier molecular flexibility index (Phi) is 3.49. The number of carbonyl (C=O) groups is 1. The summed E-state index contributed by atoms with van der Waals surface area (Å²) >= 11 is 3.16. The highest BCUT2D eigenvalue weighted by Gasteiger charge is 2.03. The Morgan fingerprint density at radius 2 is 2.00 bits per heavy atom.